The smallest absolute Gasteiger partial charge is 0.271 e. The lowest BCUT2D eigenvalue weighted by molar-refractivity contribution is 0.0979. The number of carbonyl (C=O) groups excluding carboxylic acids is 2. The third-order valence-corrected chi connectivity index (χ3v) is 4.02. The summed E-state index contributed by atoms with van der Waals surface area (Å²) in [6.45, 7) is 1.78. The molecule has 1 heterocycles. The Hall–Kier alpha value is -3.21. The number of aromatic nitrogens is 2. The number of carbonyl (C=O) groups is 2. The second-order valence-corrected chi connectivity index (χ2v) is 5.55. The first-order chi connectivity index (χ1) is 11.1. The maximum absolute atomic E-state index is 12.7. The Morgan fingerprint density at radius 2 is 1.39 bits per heavy atom. The summed E-state index contributed by atoms with van der Waals surface area (Å²) in [7, 11) is 0. The number of aromatic amines is 1. The van der Waals surface area contributed by atoms with Gasteiger partial charge in [-0.25, -0.2) is 4.68 Å². The molecule has 1 N–H and O–H groups in total. The van der Waals surface area contributed by atoms with E-state index in [1.165, 1.54) is 10.7 Å². The fourth-order valence-corrected chi connectivity index (χ4v) is 2.93. The SMILES string of the molecule is Cc1cc(=O)n(-c2ccc3c(c2)C(=O)c2ccccc2C3=O)[nH]1. The van der Waals surface area contributed by atoms with Gasteiger partial charge in [-0.3, -0.25) is 19.5 Å². The first-order valence-corrected chi connectivity index (χ1v) is 7.18. The summed E-state index contributed by atoms with van der Waals surface area (Å²) in [4.78, 5) is 37.2. The van der Waals surface area contributed by atoms with Gasteiger partial charge in [-0.05, 0) is 25.1 Å². The summed E-state index contributed by atoms with van der Waals surface area (Å²) in [5.41, 5.74) is 2.56. The van der Waals surface area contributed by atoms with Crippen molar-refractivity contribution in [1.29, 1.82) is 0 Å². The highest BCUT2D eigenvalue weighted by Crippen LogP contribution is 2.28. The van der Waals surface area contributed by atoms with Gasteiger partial charge in [0.25, 0.3) is 5.56 Å². The van der Waals surface area contributed by atoms with E-state index in [2.05, 4.69) is 5.10 Å². The van der Waals surface area contributed by atoms with Crippen LogP contribution in [-0.4, -0.2) is 21.3 Å². The van der Waals surface area contributed by atoms with E-state index in [-0.39, 0.29) is 17.1 Å². The molecule has 1 aliphatic carbocycles. The van der Waals surface area contributed by atoms with Crippen molar-refractivity contribution in [3.8, 4) is 5.69 Å². The molecule has 0 unspecified atom stereocenters. The molecule has 0 atom stereocenters. The first kappa shape index (κ1) is 13.5. The number of hydrogen-bond acceptors (Lipinski definition) is 3. The van der Waals surface area contributed by atoms with Gasteiger partial charge in [-0.2, -0.15) is 0 Å². The second-order valence-electron chi connectivity index (χ2n) is 5.55. The van der Waals surface area contributed by atoms with Crippen LogP contribution >= 0.6 is 0 Å². The Kier molecular flexibility index (Phi) is 2.72. The fourth-order valence-electron chi connectivity index (χ4n) is 2.93. The summed E-state index contributed by atoms with van der Waals surface area (Å²) in [6, 6.07) is 13.1. The standard InChI is InChI=1S/C18H12N2O3/c1-10-8-16(21)20(19-10)11-6-7-14-15(9-11)18(23)13-5-3-2-4-12(13)17(14)22/h2-9,19H,1H3. The van der Waals surface area contributed by atoms with Crippen molar-refractivity contribution >= 4 is 11.6 Å². The number of H-pyrrole nitrogens is 1. The molecule has 0 bridgehead atoms. The minimum atomic E-state index is -0.211. The molecule has 2 aromatic carbocycles. The number of benzene rings is 2. The topological polar surface area (TPSA) is 71.9 Å². The van der Waals surface area contributed by atoms with Gasteiger partial charge in [0.1, 0.15) is 0 Å². The molecule has 0 radical (unpaired) electrons. The second kappa shape index (κ2) is 4.64. The molecule has 0 amide bonds. The van der Waals surface area contributed by atoms with Crippen LogP contribution < -0.4 is 5.56 Å². The monoisotopic (exact) mass is 304 g/mol. The van der Waals surface area contributed by atoms with Crippen LogP contribution in [0.15, 0.2) is 53.3 Å². The van der Waals surface area contributed by atoms with Crippen LogP contribution in [0.2, 0.25) is 0 Å². The summed E-state index contributed by atoms with van der Waals surface area (Å²) in [6.07, 6.45) is 0. The molecule has 0 spiro atoms. The van der Waals surface area contributed by atoms with Gasteiger partial charge in [0.15, 0.2) is 11.6 Å². The van der Waals surface area contributed by atoms with Crippen LogP contribution in [0.4, 0.5) is 0 Å². The lowest BCUT2D eigenvalue weighted by Crippen LogP contribution is -2.22. The third-order valence-electron chi connectivity index (χ3n) is 4.02. The molecule has 0 saturated heterocycles. The Bertz CT molecular complexity index is 1040. The molecular weight excluding hydrogens is 292 g/mol. The van der Waals surface area contributed by atoms with Crippen molar-refractivity contribution in [3.05, 3.63) is 86.8 Å². The lowest BCUT2D eigenvalue weighted by Gasteiger charge is -2.18. The van der Waals surface area contributed by atoms with E-state index in [1.807, 2.05) is 0 Å². The van der Waals surface area contributed by atoms with Crippen LogP contribution in [-0.2, 0) is 0 Å². The average Bonchev–Trinajstić information content (AvgIpc) is 2.90. The lowest BCUT2D eigenvalue weighted by atomic mass is 9.84. The number of fused-ring (bicyclic) bond motifs is 2. The normalized spacial score (nSPS) is 12.9. The Morgan fingerprint density at radius 1 is 0.783 bits per heavy atom. The Balaban J connectivity index is 1.93. The summed E-state index contributed by atoms with van der Waals surface area (Å²) >= 11 is 0. The van der Waals surface area contributed by atoms with E-state index in [9.17, 15) is 14.4 Å². The van der Waals surface area contributed by atoms with Gasteiger partial charge in [-0.15, -0.1) is 0 Å². The van der Waals surface area contributed by atoms with E-state index in [0.717, 1.165) is 5.69 Å². The Morgan fingerprint density at radius 3 is 2.00 bits per heavy atom. The average molecular weight is 304 g/mol. The molecule has 5 nitrogen and oxygen atoms in total. The van der Waals surface area contributed by atoms with Crippen molar-refractivity contribution in [3.63, 3.8) is 0 Å². The molecule has 4 rings (SSSR count). The van der Waals surface area contributed by atoms with Gasteiger partial charge >= 0.3 is 0 Å². The summed E-state index contributed by atoms with van der Waals surface area (Å²) in [5, 5.41) is 2.92. The van der Waals surface area contributed by atoms with E-state index < -0.39 is 0 Å². The zero-order valence-electron chi connectivity index (χ0n) is 12.3. The van der Waals surface area contributed by atoms with E-state index >= 15 is 0 Å². The molecule has 23 heavy (non-hydrogen) atoms. The number of rotatable bonds is 1. The maximum Gasteiger partial charge on any atom is 0.271 e. The number of aryl methyl sites for hydroxylation is 1. The molecule has 0 fully saturated rings. The van der Waals surface area contributed by atoms with Gasteiger partial charge in [0, 0.05) is 34.0 Å². The summed E-state index contributed by atoms with van der Waals surface area (Å²) < 4.78 is 1.36. The first-order valence-electron chi connectivity index (χ1n) is 7.18. The van der Waals surface area contributed by atoms with Crippen LogP contribution in [0.25, 0.3) is 5.69 Å². The van der Waals surface area contributed by atoms with Gasteiger partial charge < -0.3 is 0 Å². The molecule has 0 aliphatic heterocycles. The van der Waals surface area contributed by atoms with Crippen molar-refractivity contribution in [2.45, 2.75) is 6.92 Å². The highest BCUT2D eigenvalue weighted by molar-refractivity contribution is 6.28. The van der Waals surface area contributed by atoms with E-state index in [1.54, 1.807) is 49.4 Å². The fraction of sp³-hybridized carbons (Fsp3) is 0.0556. The largest absolute Gasteiger partial charge is 0.295 e. The van der Waals surface area contributed by atoms with E-state index in [0.29, 0.717) is 27.9 Å². The molecule has 3 aromatic rings. The zero-order chi connectivity index (χ0) is 16.1. The van der Waals surface area contributed by atoms with Crippen molar-refractivity contribution in [1.82, 2.24) is 9.78 Å². The number of ketones is 2. The van der Waals surface area contributed by atoms with Crippen LogP contribution in [0.1, 0.15) is 37.5 Å². The number of nitrogens with zero attached hydrogens (tertiary/aromatic N) is 1. The minimum absolute atomic E-state index is 0.170. The number of hydrogen-bond donors (Lipinski definition) is 1. The van der Waals surface area contributed by atoms with Gasteiger partial charge in [-0.1, -0.05) is 24.3 Å². The zero-order valence-corrected chi connectivity index (χ0v) is 12.3. The van der Waals surface area contributed by atoms with Crippen molar-refractivity contribution < 1.29 is 9.59 Å². The van der Waals surface area contributed by atoms with E-state index in [4.69, 9.17) is 0 Å². The Labute approximate surface area is 131 Å². The molecule has 1 aliphatic rings. The van der Waals surface area contributed by atoms with Crippen molar-refractivity contribution in [2.75, 3.05) is 0 Å². The molecular formula is C18H12N2O3. The molecule has 5 heteroatoms. The minimum Gasteiger partial charge on any atom is -0.295 e. The quantitative estimate of drug-likeness (QED) is 0.586. The predicted molar refractivity (Wildman–Crippen MR) is 84.4 cm³/mol. The molecule has 0 saturated carbocycles. The molecule has 112 valence electrons. The van der Waals surface area contributed by atoms with Gasteiger partial charge in [0.05, 0.1) is 5.69 Å². The third kappa shape index (κ3) is 1.90. The van der Waals surface area contributed by atoms with Gasteiger partial charge in [0.2, 0.25) is 0 Å². The van der Waals surface area contributed by atoms with Crippen LogP contribution in [0, 0.1) is 6.92 Å². The van der Waals surface area contributed by atoms with Crippen LogP contribution in [0.5, 0.6) is 0 Å². The van der Waals surface area contributed by atoms with Crippen molar-refractivity contribution in [2.24, 2.45) is 0 Å². The predicted octanol–water partition coefficient (Wildman–Crippen LogP) is 2.25. The maximum atomic E-state index is 12.7. The summed E-state index contributed by atoms with van der Waals surface area (Å²) in [5.74, 6) is -0.370. The van der Waals surface area contributed by atoms with Crippen LogP contribution in [0.3, 0.4) is 0 Å². The highest BCUT2D eigenvalue weighted by atomic mass is 16.1. The highest BCUT2D eigenvalue weighted by Gasteiger charge is 2.29. The molecule has 1 aromatic heterocycles. The number of nitrogens with one attached hydrogen (secondary N) is 1.